The topological polar surface area (TPSA) is 89.9 Å². The van der Waals surface area contributed by atoms with Crippen molar-refractivity contribution in [2.75, 3.05) is 24.6 Å². The number of aliphatic carboxylic acids is 1. The number of hydrogen-bond acceptors (Lipinski definition) is 4. The molecule has 0 saturated carbocycles. The Morgan fingerprint density at radius 2 is 1.76 bits per heavy atom. The van der Waals surface area contributed by atoms with Gasteiger partial charge in [0.2, 0.25) is 0 Å². The minimum Gasteiger partial charge on any atom is -0.480 e. The lowest BCUT2D eigenvalue weighted by atomic mass is 10.1. The molecule has 0 aromatic heterocycles. The van der Waals surface area contributed by atoms with Crippen LogP contribution in [0.15, 0.2) is 24.3 Å². The van der Waals surface area contributed by atoms with E-state index in [2.05, 4.69) is 24.1 Å². The van der Waals surface area contributed by atoms with Crippen LogP contribution in [-0.4, -0.2) is 47.8 Å². The van der Waals surface area contributed by atoms with Gasteiger partial charge in [0.15, 0.2) is 0 Å². The number of amides is 1. The van der Waals surface area contributed by atoms with E-state index in [4.69, 9.17) is 10.2 Å². The molecule has 0 aliphatic heterocycles. The third kappa shape index (κ3) is 4.75. The number of benzene rings is 1. The summed E-state index contributed by atoms with van der Waals surface area (Å²) in [7, 11) is 0. The minimum absolute atomic E-state index is 0.0153. The van der Waals surface area contributed by atoms with E-state index in [0.717, 1.165) is 18.8 Å². The van der Waals surface area contributed by atoms with Crippen LogP contribution in [0, 0.1) is 0 Å². The number of carboxylic acid groups (broad SMARTS) is 1. The zero-order valence-corrected chi connectivity index (χ0v) is 12.4. The minimum atomic E-state index is -1.16. The smallest absolute Gasteiger partial charge is 0.326 e. The monoisotopic (exact) mass is 294 g/mol. The molecule has 21 heavy (non-hydrogen) atoms. The molecule has 1 atom stereocenters. The number of anilines is 1. The molecule has 1 aromatic carbocycles. The van der Waals surface area contributed by atoms with E-state index in [-0.39, 0.29) is 13.0 Å². The number of carboxylic acids is 1. The molecule has 1 aromatic rings. The summed E-state index contributed by atoms with van der Waals surface area (Å²) in [6.45, 7) is 5.56. The third-order valence-electron chi connectivity index (χ3n) is 3.28. The highest BCUT2D eigenvalue weighted by molar-refractivity contribution is 5.96. The van der Waals surface area contributed by atoms with Crippen molar-refractivity contribution >= 4 is 17.6 Å². The number of carbonyl (C=O) groups is 2. The van der Waals surface area contributed by atoms with Gasteiger partial charge in [-0.3, -0.25) is 4.79 Å². The molecule has 0 radical (unpaired) electrons. The molecule has 1 amide bonds. The van der Waals surface area contributed by atoms with Gasteiger partial charge in [0, 0.05) is 37.4 Å². The summed E-state index contributed by atoms with van der Waals surface area (Å²) < 4.78 is 0. The summed E-state index contributed by atoms with van der Waals surface area (Å²) >= 11 is 0. The van der Waals surface area contributed by atoms with E-state index < -0.39 is 17.9 Å². The molecule has 6 heteroatoms. The second-order valence-electron chi connectivity index (χ2n) is 4.60. The standard InChI is InChI=1S/C15H22N2O4/c1-3-17(4-2)12-7-5-11(6-8-12)14(19)16-13(9-10-18)15(20)21/h5-8,13,18H,3-4,9-10H2,1-2H3,(H,16,19)(H,20,21). The number of aliphatic hydroxyl groups is 1. The first-order valence-corrected chi connectivity index (χ1v) is 7.03. The predicted octanol–water partition coefficient (Wildman–Crippen LogP) is 1.10. The van der Waals surface area contributed by atoms with Crippen molar-refractivity contribution < 1.29 is 19.8 Å². The molecule has 0 bridgehead atoms. The number of nitrogens with zero attached hydrogens (tertiary/aromatic N) is 1. The average molecular weight is 294 g/mol. The Kier molecular flexibility index (Phi) is 6.68. The van der Waals surface area contributed by atoms with Crippen LogP contribution in [0.5, 0.6) is 0 Å². The highest BCUT2D eigenvalue weighted by atomic mass is 16.4. The molecule has 116 valence electrons. The molecule has 0 saturated heterocycles. The van der Waals surface area contributed by atoms with Gasteiger partial charge >= 0.3 is 5.97 Å². The van der Waals surface area contributed by atoms with Crippen LogP contribution in [0.25, 0.3) is 0 Å². The molecule has 0 spiro atoms. The van der Waals surface area contributed by atoms with Crippen LogP contribution in [0.3, 0.4) is 0 Å². The lowest BCUT2D eigenvalue weighted by molar-refractivity contribution is -0.139. The van der Waals surface area contributed by atoms with Crippen LogP contribution in [-0.2, 0) is 4.79 Å². The van der Waals surface area contributed by atoms with E-state index in [9.17, 15) is 9.59 Å². The molecule has 0 aliphatic rings. The van der Waals surface area contributed by atoms with Crippen molar-refractivity contribution in [2.45, 2.75) is 26.3 Å². The molecule has 3 N–H and O–H groups in total. The molecule has 1 unspecified atom stereocenters. The third-order valence-corrected chi connectivity index (χ3v) is 3.28. The lowest BCUT2D eigenvalue weighted by Crippen LogP contribution is -2.41. The van der Waals surface area contributed by atoms with Gasteiger partial charge in [-0.2, -0.15) is 0 Å². The van der Waals surface area contributed by atoms with Crippen LogP contribution < -0.4 is 10.2 Å². The molecule has 1 rings (SSSR count). The van der Waals surface area contributed by atoms with E-state index in [1.165, 1.54) is 0 Å². The van der Waals surface area contributed by atoms with E-state index in [0.29, 0.717) is 5.56 Å². The molecular formula is C15H22N2O4. The zero-order chi connectivity index (χ0) is 15.8. The number of aliphatic hydroxyl groups excluding tert-OH is 1. The predicted molar refractivity (Wildman–Crippen MR) is 80.6 cm³/mol. The second kappa shape index (κ2) is 8.26. The Bertz CT molecular complexity index is 469. The van der Waals surface area contributed by atoms with Crippen molar-refractivity contribution in [3.05, 3.63) is 29.8 Å². The number of nitrogens with one attached hydrogen (secondary N) is 1. The van der Waals surface area contributed by atoms with Gasteiger partial charge in [0.1, 0.15) is 6.04 Å². The summed E-state index contributed by atoms with van der Waals surface area (Å²) in [5, 5.41) is 20.1. The summed E-state index contributed by atoms with van der Waals surface area (Å²) in [6, 6.07) is 5.93. The molecular weight excluding hydrogens is 272 g/mol. The highest BCUT2D eigenvalue weighted by Gasteiger charge is 2.20. The Labute approximate surface area is 124 Å². The van der Waals surface area contributed by atoms with Gasteiger partial charge in [-0.05, 0) is 38.1 Å². The Morgan fingerprint density at radius 3 is 2.19 bits per heavy atom. The van der Waals surface area contributed by atoms with Crippen molar-refractivity contribution in [2.24, 2.45) is 0 Å². The van der Waals surface area contributed by atoms with Gasteiger partial charge in [-0.1, -0.05) is 0 Å². The van der Waals surface area contributed by atoms with Crippen LogP contribution >= 0.6 is 0 Å². The van der Waals surface area contributed by atoms with Gasteiger partial charge in [-0.25, -0.2) is 4.79 Å². The van der Waals surface area contributed by atoms with Crippen molar-refractivity contribution in [1.29, 1.82) is 0 Å². The number of rotatable bonds is 8. The van der Waals surface area contributed by atoms with Gasteiger partial charge < -0.3 is 20.4 Å². The van der Waals surface area contributed by atoms with Gasteiger partial charge in [0.05, 0.1) is 0 Å². The first-order chi connectivity index (χ1) is 10.0. The van der Waals surface area contributed by atoms with Gasteiger partial charge in [0.25, 0.3) is 5.91 Å². The largest absolute Gasteiger partial charge is 0.480 e. The van der Waals surface area contributed by atoms with Crippen molar-refractivity contribution in [3.8, 4) is 0 Å². The zero-order valence-electron chi connectivity index (χ0n) is 12.4. The summed E-state index contributed by atoms with van der Waals surface area (Å²) in [5.41, 5.74) is 1.41. The van der Waals surface area contributed by atoms with Crippen LogP contribution in [0.1, 0.15) is 30.6 Å². The summed E-state index contributed by atoms with van der Waals surface area (Å²) in [5.74, 6) is -1.61. The van der Waals surface area contributed by atoms with Crippen molar-refractivity contribution in [3.63, 3.8) is 0 Å². The Morgan fingerprint density at radius 1 is 1.19 bits per heavy atom. The fourth-order valence-corrected chi connectivity index (χ4v) is 2.04. The summed E-state index contributed by atoms with van der Waals surface area (Å²) in [4.78, 5) is 25.1. The van der Waals surface area contributed by atoms with Crippen LogP contribution in [0.2, 0.25) is 0 Å². The average Bonchev–Trinajstić information content (AvgIpc) is 2.48. The number of carbonyl (C=O) groups excluding carboxylic acids is 1. The summed E-state index contributed by atoms with van der Waals surface area (Å²) in [6.07, 6.45) is -0.0153. The fraction of sp³-hybridized carbons (Fsp3) is 0.467. The van der Waals surface area contributed by atoms with E-state index in [1.54, 1.807) is 12.1 Å². The van der Waals surface area contributed by atoms with Crippen molar-refractivity contribution in [1.82, 2.24) is 5.32 Å². The Balaban J connectivity index is 2.77. The quantitative estimate of drug-likeness (QED) is 0.668. The SMILES string of the molecule is CCN(CC)c1ccc(C(=O)NC(CCO)C(=O)O)cc1. The van der Waals surface area contributed by atoms with E-state index in [1.807, 2.05) is 12.1 Å². The van der Waals surface area contributed by atoms with Crippen LogP contribution in [0.4, 0.5) is 5.69 Å². The Hall–Kier alpha value is -2.08. The molecule has 0 fully saturated rings. The van der Waals surface area contributed by atoms with E-state index >= 15 is 0 Å². The number of hydrogen-bond donors (Lipinski definition) is 3. The molecule has 0 aliphatic carbocycles. The van der Waals surface area contributed by atoms with Gasteiger partial charge in [-0.15, -0.1) is 0 Å². The maximum atomic E-state index is 12.0. The molecule has 0 heterocycles. The second-order valence-corrected chi connectivity index (χ2v) is 4.60. The fourth-order valence-electron chi connectivity index (χ4n) is 2.04. The maximum Gasteiger partial charge on any atom is 0.326 e. The normalized spacial score (nSPS) is 11.8. The first-order valence-electron chi connectivity index (χ1n) is 7.03. The highest BCUT2D eigenvalue weighted by Crippen LogP contribution is 2.15. The first kappa shape index (κ1) is 17.0. The maximum absolute atomic E-state index is 12.0. The molecule has 6 nitrogen and oxygen atoms in total. The lowest BCUT2D eigenvalue weighted by Gasteiger charge is -2.21.